The van der Waals surface area contributed by atoms with Crippen LogP contribution in [-0.2, 0) is 0 Å². The SMILES string of the molecule is CCOc1cc(N)cc(C(=O)N2CC(O)(C3CC3)C2)c1. The van der Waals surface area contributed by atoms with Gasteiger partial charge in [0.15, 0.2) is 0 Å². The summed E-state index contributed by atoms with van der Waals surface area (Å²) in [7, 11) is 0. The van der Waals surface area contributed by atoms with E-state index in [1.807, 2.05) is 6.92 Å². The number of β-amino-alcohol motifs (C(OH)–C–C–N with tert-alkyl or cyclic N) is 1. The molecule has 1 amide bonds. The van der Waals surface area contributed by atoms with Gasteiger partial charge < -0.3 is 20.5 Å². The molecule has 3 rings (SSSR count). The first-order chi connectivity index (χ1) is 9.51. The van der Waals surface area contributed by atoms with Gasteiger partial charge in [-0.25, -0.2) is 0 Å². The zero-order chi connectivity index (χ0) is 14.3. The smallest absolute Gasteiger partial charge is 0.254 e. The molecule has 108 valence electrons. The van der Waals surface area contributed by atoms with Crippen molar-refractivity contribution in [2.75, 3.05) is 25.4 Å². The second-order valence-electron chi connectivity index (χ2n) is 5.76. The molecule has 1 saturated heterocycles. The Hall–Kier alpha value is -1.75. The topological polar surface area (TPSA) is 75.8 Å². The van der Waals surface area contributed by atoms with Gasteiger partial charge in [0.2, 0.25) is 0 Å². The third kappa shape index (κ3) is 2.33. The minimum Gasteiger partial charge on any atom is -0.494 e. The van der Waals surface area contributed by atoms with Crippen LogP contribution in [0.25, 0.3) is 0 Å². The van der Waals surface area contributed by atoms with E-state index in [1.54, 1.807) is 23.1 Å². The van der Waals surface area contributed by atoms with Gasteiger partial charge in [0.05, 0.1) is 19.7 Å². The molecule has 20 heavy (non-hydrogen) atoms. The number of hydrogen-bond donors (Lipinski definition) is 2. The number of carbonyl (C=O) groups excluding carboxylic acids is 1. The predicted molar refractivity (Wildman–Crippen MR) is 75.6 cm³/mol. The molecule has 0 atom stereocenters. The van der Waals surface area contributed by atoms with Gasteiger partial charge in [-0.3, -0.25) is 4.79 Å². The van der Waals surface area contributed by atoms with E-state index in [-0.39, 0.29) is 5.91 Å². The van der Waals surface area contributed by atoms with Crippen LogP contribution in [0.15, 0.2) is 18.2 Å². The Morgan fingerprint density at radius 3 is 2.75 bits per heavy atom. The Morgan fingerprint density at radius 2 is 2.15 bits per heavy atom. The number of carbonyl (C=O) groups is 1. The number of rotatable bonds is 4. The summed E-state index contributed by atoms with van der Waals surface area (Å²) < 4.78 is 5.40. The fourth-order valence-electron chi connectivity index (χ4n) is 2.82. The van der Waals surface area contributed by atoms with Crippen LogP contribution in [0.2, 0.25) is 0 Å². The molecule has 5 nitrogen and oxygen atoms in total. The number of aliphatic hydroxyl groups is 1. The van der Waals surface area contributed by atoms with Gasteiger partial charge in [0.25, 0.3) is 5.91 Å². The zero-order valence-corrected chi connectivity index (χ0v) is 11.6. The summed E-state index contributed by atoms with van der Waals surface area (Å²) >= 11 is 0. The van der Waals surface area contributed by atoms with Crippen molar-refractivity contribution in [3.63, 3.8) is 0 Å². The normalized spacial score (nSPS) is 20.4. The van der Waals surface area contributed by atoms with E-state index in [1.165, 1.54) is 0 Å². The first-order valence-electron chi connectivity index (χ1n) is 7.07. The molecule has 2 fully saturated rings. The van der Waals surface area contributed by atoms with Gasteiger partial charge in [-0.1, -0.05) is 0 Å². The van der Waals surface area contributed by atoms with E-state index in [0.29, 0.717) is 42.6 Å². The van der Waals surface area contributed by atoms with Crippen LogP contribution in [0.3, 0.4) is 0 Å². The lowest BCUT2D eigenvalue weighted by Crippen LogP contribution is -2.64. The fourth-order valence-corrected chi connectivity index (χ4v) is 2.82. The van der Waals surface area contributed by atoms with Gasteiger partial charge >= 0.3 is 0 Å². The number of nitrogens with two attached hydrogens (primary N) is 1. The maximum atomic E-state index is 12.4. The van der Waals surface area contributed by atoms with Crippen LogP contribution in [0.5, 0.6) is 5.75 Å². The van der Waals surface area contributed by atoms with Crippen LogP contribution >= 0.6 is 0 Å². The van der Waals surface area contributed by atoms with Gasteiger partial charge in [-0.05, 0) is 37.8 Å². The number of likely N-dealkylation sites (tertiary alicyclic amines) is 1. The highest BCUT2D eigenvalue weighted by molar-refractivity contribution is 5.96. The summed E-state index contributed by atoms with van der Waals surface area (Å²) in [6.07, 6.45) is 2.15. The highest BCUT2D eigenvalue weighted by Crippen LogP contribution is 2.44. The van der Waals surface area contributed by atoms with E-state index >= 15 is 0 Å². The maximum Gasteiger partial charge on any atom is 0.254 e. The molecule has 1 aliphatic carbocycles. The van der Waals surface area contributed by atoms with Crippen LogP contribution in [-0.4, -0.2) is 41.2 Å². The third-order valence-corrected chi connectivity index (χ3v) is 4.04. The van der Waals surface area contributed by atoms with E-state index in [9.17, 15) is 9.90 Å². The van der Waals surface area contributed by atoms with Crippen molar-refractivity contribution in [2.24, 2.45) is 5.92 Å². The summed E-state index contributed by atoms with van der Waals surface area (Å²) in [6.45, 7) is 3.27. The minimum atomic E-state index is -0.654. The number of amides is 1. The molecule has 5 heteroatoms. The molecular weight excluding hydrogens is 256 g/mol. The average Bonchev–Trinajstić information content (AvgIpc) is 3.18. The first kappa shape index (κ1) is 13.2. The van der Waals surface area contributed by atoms with Crippen LogP contribution < -0.4 is 10.5 Å². The minimum absolute atomic E-state index is 0.0939. The predicted octanol–water partition coefficient (Wildman–Crippen LogP) is 1.26. The summed E-state index contributed by atoms with van der Waals surface area (Å²) in [5, 5.41) is 10.3. The molecule has 0 unspecified atom stereocenters. The number of ether oxygens (including phenoxy) is 1. The van der Waals surface area contributed by atoms with Gasteiger partial charge in [0.1, 0.15) is 11.4 Å². The van der Waals surface area contributed by atoms with E-state index in [4.69, 9.17) is 10.5 Å². The van der Waals surface area contributed by atoms with Gasteiger partial charge in [-0.15, -0.1) is 0 Å². The molecule has 3 N–H and O–H groups in total. The van der Waals surface area contributed by atoms with Crippen molar-refractivity contribution < 1.29 is 14.6 Å². The van der Waals surface area contributed by atoms with Crippen LogP contribution in [0, 0.1) is 5.92 Å². The number of anilines is 1. The summed E-state index contributed by atoms with van der Waals surface area (Å²) in [5.41, 5.74) is 6.18. The lowest BCUT2D eigenvalue weighted by Gasteiger charge is -2.47. The lowest BCUT2D eigenvalue weighted by atomic mass is 9.88. The molecule has 0 radical (unpaired) electrons. The number of hydrogen-bond acceptors (Lipinski definition) is 4. The Labute approximate surface area is 118 Å². The van der Waals surface area contributed by atoms with Crippen LogP contribution in [0.1, 0.15) is 30.1 Å². The molecular formula is C15H20N2O3. The number of nitrogens with zero attached hydrogens (tertiary/aromatic N) is 1. The Morgan fingerprint density at radius 1 is 1.45 bits per heavy atom. The van der Waals surface area contributed by atoms with Crippen LogP contribution in [0.4, 0.5) is 5.69 Å². The molecule has 1 aromatic rings. The Bertz CT molecular complexity index is 534. The monoisotopic (exact) mass is 276 g/mol. The zero-order valence-electron chi connectivity index (χ0n) is 11.6. The Kier molecular flexibility index (Phi) is 3.09. The molecule has 0 spiro atoms. The lowest BCUT2D eigenvalue weighted by molar-refractivity contribution is -0.0958. The van der Waals surface area contributed by atoms with Crippen molar-refractivity contribution in [1.29, 1.82) is 0 Å². The maximum absolute atomic E-state index is 12.4. The summed E-state index contributed by atoms with van der Waals surface area (Å²) in [5.74, 6) is 0.892. The van der Waals surface area contributed by atoms with Gasteiger partial charge in [0, 0.05) is 17.3 Å². The van der Waals surface area contributed by atoms with Crippen molar-refractivity contribution in [1.82, 2.24) is 4.90 Å². The van der Waals surface area contributed by atoms with Gasteiger partial charge in [-0.2, -0.15) is 0 Å². The summed E-state index contributed by atoms with van der Waals surface area (Å²) in [6, 6.07) is 5.06. The van der Waals surface area contributed by atoms with Crippen molar-refractivity contribution in [2.45, 2.75) is 25.4 Å². The van der Waals surface area contributed by atoms with E-state index in [0.717, 1.165) is 12.8 Å². The van der Waals surface area contributed by atoms with E-state index in [2.05, 4.69) is 0 Å². The molecule has 1 aromatic carbocycles. The molecule has 0 aromatic heterocycles. The fraction of sp³-hybridized carbons (Fsp3) is 0.533. The second-order valence-corrected chi connectivity index (χ2v) is 5.76. The van der Waals surface area contributed by atoms with Crippen molar-refractivity contribution in [3.05, 3.63) is 23.8 Å². The average molecular weight is 276 g/mol. The molecule has 2 aliphatic rings. The highest BCUT2D eigenvalue weighted by Gasteiger charge is 2.53. The van der Waals surface area contributed by atoms with Crippen molar-refractivity contribution >= 4 is 11.6 Å². The third-order valence-electron chi connectivity index (χ3n) is 4.04. The van der Waals surface area contributed by atoms with E-state index < -0.39 is 5.60 Å². The number of nitrogen functional groups attached to an aromatic ring is 1. The second kappa shape index (κ2) is 4.66. The molecule has 0 bridgehead atoms. The molecule has 1 heterocycles. The standard InChI is InChI=1S/C15H20N2O3/c1-2-20-13-6-10(5-12(16)7-13)14(18)17-8-15(19,9-17)11-3-4-11/h5-7,11,19H,2-4,8-9,16H2,1H3. The Balaban J connectivity index is 1.71. The quantitative estimate of drug-likeness (QED) is 0.812. The number of benzene rings is 1. The summed E-state index contributed by atoms with van der Waals surface area (Å²) in [4.78, 5) is 14.0. The molecule has 1 aliphatic heterocycles. The highest BCUT2D eigenvalue weighted by atomic mass is 16.5. The largest absolute Gasteiger partial charge is 0.494 e. The van der Waals surface area contributed by atoms with Crippen molar-refractivity contribution in [3.8, 4) is 5.75 Å². The first-order valence-corrected chi connectivity index (χ1v) is 7.07. The molecule has 1 saturated carbocycles.